The summed E-state index contributed by atoms with van der Waals surface area (Å²) in [6.07, 6.45) is 0. The molecule has 0 aliphatic rings. The first kappa shape index (κ1) is 19.8. The summed E-state index contributed by atoms with van der Waals surface area (Å²) in [4.78, 5) is 12.5. The minimum Gasteiger partial charge on any atom is -0.379 e. The molecule has 0 aliphatic heterocycles. The van der Waals surface area contributed by atoms with E-state index in [9.17, 15) is 13.2 Å². The first-order valence-corrected chi connectivity index (χ1v) is 10.3. The van der Waals surface area contributed by atoms with Crippen molar-refractivity contribution in [1.82, 2.24) is 5.32 Å². The second-order valence-electron chi connectivity index (χ2n) is 6.31. The Morgan fingerprint density at radius 3 is 2.07 bits per heavy atom. The van der Waals surface area contributed by atoms with E-state index in [1.165, 1.54) is 24.3 Å². The Balaban J connectivity index is 1.60. The van der Waals surface area contributed by atoms with E-state index in [1.54, 1.807) is 30.3 Å². The molecule has 0 radical (unpaired) electrons. The summed E-state index contributed by atoms with van der Waals surface area (Å²) < 4.78 is 29.6. The fourth-order valence-electron chi connectivity index (χ4n) is 2.67. The van der Waals surface area contributed by atoms with Crippen LogP contribution in [0.4, 0.5) is 0 Å². The fraction of sp³-hybridized carbons (Fsp3) is 0.136. The Morgan fingerprint density at radius 2 is 1.46 bits per heavy atom. The summed E-state index contributed by atoms with van der Waals surface area (Å²) in [6.45, 7) is 2.17. The van der Waals surface area contributed by atoms with Crippen LogP contribution in [0, 0.1) is 0 Å². The third kappa shape index (κ3) is 5.06. The Morgan fingerprint density at radius 1 is 0.893 bits per heavy atom. The summed E-state index contributed by atoms with van der Waals surface area (Å²) in [7, 11) is -3.90. The molecule has 28 heavy (non-hydrogen) atoms. The smallest absolute Gasteiger partial charge is 0.339 e. The molecule has 0 saturated heterocycles. The Bertz CT molecular complexity index is 1020. The lowest BCUT2D eigenvalue weighted by molar-refractivity contribution is 0.0988. The molecular formula is C22H21NO4S. The third-order valence-corrected chi connectivity index (χ3v) is 5.54. The standard InChI is InChI=1S/C22H21NO4S/c1-17(18-8-4-2-5-9-18)23-16-22(24)19-12-14-20(15-13-19)27-28(25,26)21-10-6-3-7-11-21/h2-15,17,23H,16H2,1H3. The molecule has 3 aromatic rings. The van der Waals surface area contributed by atoms with Gasteiger partial charge in [-0.2, -0.15) is 8.42 Å². The van der Waals surface area contributed by atoms with Gasteiger partial charge in [-0.15, -0.1) is 0 Å². The number of hydrogen-bond donors (Lipinski definition) is 1. The van der Waals surface area contributed by atoms with Gasteiger partial charge in [0.15, 0.2) is 5.78 Å². The van der Waals surface area contributed by atoms with E-state index in [0.717, 1.165) is 5.56 Å². The minimum absolute atomic E-state index is 0.0452. The maximum absolute atomic E-state index is 12.4. The summed E-state index contributed by atoms with van der Waals surface area (Å²) in [5.41, 5.74) is 1.59. The highest BCUT2D eigenvalue weighted by atomic mass is 32.2. The quantitative estimate of drug-likeness (QED) is 0.461. The molecule has 0 bridgehead atoms. The van der Waals surface area contributed by atoms with E-state index in [2.05, 4.69) is 5.32 Å². The first-order chi connectivity index (χ1) is 13.5. The van der Waals surface area contributed by atoms with Gasteiger partial charge in [0, 0.05) is 11.6 Å². The molecule has 3 aromatic carbocycles. The highest BCUT2D eigenvalue weighted by molar-refractivity contribution is 7.87. The van der Waals surface area contributed by atoms with Crippen LogP contribution in [-0.2, 0) is 10.1 Å². The van der Waals surface area contributed by atoms with E-state index < -0.39 is 10.1 Å². The van der Waals surface area contributed by atoms with Gasteiger partial charge < -0.3 is 9.50 Å². The molecule has 0 saturated carbocycles. The maximum Gasteiger partial charge on any atom is 0.339 e. The zero-order valence-electron chi connectivity index (χ0n) is 15.4. The van der Waals surface area contributed by atoms with E-state index in [0.29, 0.717) is 5.56 Å². The van der Waals surface area contributed by atoms with Crippen molar-refractivity contribution in [2.45, 2.75) is 17.9 Å². The van der Waals surface area contributed by atoms with Crippen LogP contribution < -0.4 is 9.50 Å². The van der Waals surface area contributed by atoms with Gasteiger partial charge in [-0.25, -0.2) is 0 Å². The van der Waals surface area contributed by atoms with Gasteiger partial charge in [-0.05, 0) is 48.9 Å². The molecule has 0 aromatic heterocycles. The average Bonchev–Trinajstić information content (AvgIpc) is 2.73. The topological polar surface area (TPSA) is 72.5 Å². The molecule has 3 rings (SSSR count). The van der Waals surface area contributed by atoms with Crippen molar-refractivity contribution in [2.24, 2.45) is 0 Å². The lowest BCUT2D eigenvalue weighted by atomic mass is 10.1. The number of nitrogens with one attached hydrogen (secondary N) is 1. The van der Waals surface area contributed by atoms with Crippen molar-refractivity contribution >= 4 is 15.9 Å². The van der Waals surface area contributed by atoms with Crippen LogP contribution in [0.2, 0.25) is 0 Å². The van der Waals surface area contributed by atoms with Gasteiger partial charge in [0.25, 0.3) is 0 Å². The molecule has 1 atom stereocenters. The molecular weight excluding hydrogens is 374 g/mol. The lowest BCUT2D eigenvalue weighted by Gasteiger charge is -2.13. The molecule has 0 amide bonds. The van der Waals surface area contributed by atoms with Crippen molar-refractivity contribution in [3.8, 4) is 5.75 Å². The van der Waals surface area contributed by atoms with Gasteiger partial charge >= 0.3 is 10.1 Å². The molecule has 5 nitrogen and oxygen atoms in total. The van der Waals surface area contributed by atoms with Crippen LogP contribution >= 0.6 is 0 Å². The monoisotopic (exact) mass is 395 g/mol. The van der Waals surface area contributed by atoms with Crippen LogP contribution in [-0.4, -0.2) is 20.7 Å². The normalized spacial score (nSPS) is 12.3. The Hall–Kier alpha value is -2.96. The van der Waals surface area contributed by atoms with Crippen molar-refractivity contribution in [2.75, 3.05) is 6.54 Å². The zero-order valence-corrected chi connectivity index (χ0v) is 16.2. The molecule has 0 spiro atoms. The maximum atomic E-state index is 12.4. The Labute approximate surface area is 165 Å². The molecule has 0 fully saturated rings. The van der Waals surface area contributed by atoms with Crippen LogP contribution in [0.15, 0.2) is 89.8 Å². The van der Waals surface area contributed by atoms with E-state index in [-0.39, 0.29) is 29.0 Å². The number of hydrogen-bond acceptors (Lipinski definition) is 5. The van der Waals surface area contributed by atoms with Crippen molar-refractivity contribution in [3.05, 3.63) is 96.1 Å². The van der Waals surface area contributed by atoms with Gasteiger partial charge in [0.1, 0.15) is 10.6 Å². The average molecular weight is 395 g/mol. The predicted octanol–water partition coefficient (Wildman–Crippen LogP) is 3.99. The van der Waals surface area contributed by atoms with E-state index >= 15 is 0 Å². The molecule has 144 valence electrons. The fourth-order valence-corrected chi connectivity index (χ4v) is 3.62. The first-order valence-electron chi connectivity index (χ1n) is 8.87. The third-order valence-electron chi connectivity index (χ3n) is 4.28. The molecule has 6 heteroatoms. The van der Waals surface area contributed by atoms with Gasteiger partial charge in [-0.3, -0.25) is 4.79 Å². The van der Waals surface area contributed by atoms with Crippen LogP contribution in [0.5, 0.6) is 5.75 Å². The minimum atomic E-state index is -3.90. The van der Waals surface area contributed by atoms with Gasteiger partial charge in [0.05, 0.1) is 6.54 Å². The van der Waals surface area contributed by atoms with Crippen molar-refractivity contribution in [3.63, 3.8) is 0 Å². The van der Waals surface area contributed by atoms with Gasteiger partial charge in [-0.1, -0.05) is 48.5 Å². The second-order valence-corrected chi connectivity index (χ2v) is 7.86. The predicted molar refractivity (Wildman–Crippen MR) is 108 cm³/mol. The number of rotatable bonds is 8. The Kier molecular flexibility index (Phi) is 6.23. The van der Waals surface area contributed by atoms with E-state index in [4.69, 9.17) is 4.18 Å². The highest BCUT2D eigenvalue weighted by Crippen LogP contribution is 2.19. The molecule has 0 aliphatic carbocycles. The SMILES string of the molecule is CC(NCC(=O)c1ccc(OS(=O)(=O)c2ccccc2)cc1)c1ccccc1. The van der Waals surface area contributed by atoms with Crippen molar-refractivity contribution < 1.29 is 17.4 Å². The van der Waals surface area contributed by atoms with Crippen LogP contribution in [0.1, 0.15) is 28.9 Å². The number of carbonyl (C=O) groups is 1. The summed E-state index contributed by atoms with van der Waals surface area (Å²) in [5, 5.41) is 3.19. The van der Waals surface area contributed by atoms with Crippen LogP contribution in [0.25, 0.3) is 0 Å². The summed E-state index contributed by atoms with van der Waals surface area (Å²) in [5.74, 6) is 0.0752. The zero-order chi connectivity index (χ0) is 20.0. The van der Waals surface area contributed by atoms with E-state index in [1.807, 2.05) is 37.3 Å². The summed E-state index contributed by atoms with van der Waals surface area (Å²) >= 11 is 0. The molecule has 1 N–H and O–H groups in total. The number of benzene rings is 3. The number of ketones is 1. The van der Waals surface area contributed by atoms with Crippen molar-refractivity contribution in [1.29, 1.82) is 0 Å². The second kappa shape index (κ2) is 8.82. The number of carbonyl (C=O) groups excluding carboxylic acids is 1. The van der Waals surface area contributed by atoms with Crippen LogP contribution in [0.3, 0.4) is 0 Å². The molecule has 0 heterocycles. The summed E-state index contributed by atoms with van der Waals surface area (Å²) in [6, 6.07) is 23.9. The highest BCUT2D eigenvalue weighted by Gasteiger charge is 2.16. The lowest BCUT2D eigenvalue weighted by Crippen LogP contribution is -2.26. The van der Waals surface area contributed by atoms with Gasteiger partial charge in [0.2, 0.25) is 0 Å². The number of Topliss-reactive ketones (excluding diaryl/α,β-unsaturated/α-hetero) is 1. The molecule has 1 unspecified atom stereocenters. The largest absolute Gasteiger partial charge is 0.379 e.